The number of hydrogen-bond donors (Lipinski definition) is 2. The molecule has 0 spiro atoms. The van der Waals surface area contributed by atoms with Gasteiger partial charge in [0.1, 0.15) is 0 Å². The van der Waals surface area contributed by atoms with Crippen molar-refractivity contribution < 1.29 is 5.11 Å². The molecule has 0 heterocycles. The lowest BCUT2D eigenvalue weighted by Crippen LogP contribution is -1.92. The molecule has 0 amide bonds. The Morgan fingerprint density at radius 1 is 1.14 bits per heavy atom. The van der Waals surface area contributed by atoms with Gasteiger partial charge in [0.25, 0.3) is 0 Å². The molecule has 44 valence electrons. The lowest BCUT2D eigenvalue weighted by molar-refractivity contribution is 0.307. The summed E-state index contributed by atoms with van der Waals surface area (Å²) in [5.41, 5.74) is 4.40. The van der Waals surface area contributed by atoms with E-state index in [0.29, 0.717) is 0 Å². The first-order valence-corrected chi connectivity index (χ1v) is 2.72. The molecule has 0 bridgehead atoms. The van der Waals surface area contributed by atoms with E-state index in [-0.39, 0.29) is 6.73 Å². The van der Waals surface area contributed by atoms with Crippen LogP contribution in [0, 0.1) is 0 Å². The zero-order chi connectivity index (χ0) is 5.54. The molecule has 0 atom stereocenters. The Labute approximate surface area is 44.3 Å². The molecule has 0 radical (unpaired) electrons. The lowest BCUT2D eigenvalue weighted by atomic mass is 10.0. The van der Waals surface area contributed by atoms with Crippen LogP contribution in [0.3, 0.4) is 0 Å². The molecule has 1 aliphatic carbocycles. The molecule has 0 aromatic heterocycles. The minimum absolute atomic E-state index is 0.250. The van der Waals surface area contributed by atoms with Crippen LogP contribution in [0.25, 0.3) is 0 Å². The summed E-state index contributed by atoms with van der Waals surface area (Å²) < 4.78 is 0. The first kappa shape index (κ1) is 6.92. The highest BCUT2D eigenvalue weighted by Crippen LogP contribution is 2.15. The number of hydrogen-bond acceptors (Lipinski definition) is 2. The molecule has 1 saturated carbocycles. The van der Waals surface area contributed by atoms with Crippen LogP contribution in [0.15, 0.2) is 0 Å². The maximum absolute atomic E-state index is 7.35. The van der Waals surface area contributed by atoms with Gasteiger partial charge in [-0.3, -0.25) is 0 Å². The Morgan fingerprint density at radius 2 is 1.29 bits per heavy atom. The van der Waals surface area contributed by atoms with Crippen molar-refractivity contribution in [1.29, 1.82) is 0 Å². The second-order valence-corrected chi connectivity index (χ2v) is 1.60. The van der Waals surface area contributed by atoms with Crippen LogP contribution in [0.5, 0.6) is 0 Å². The maximum atomic E-state index is 7.35. The molecule has 7 heavy (non-hydrogen) atoms. The highest BCUT2D eigenvalue weighted by Gasteiger charge is 1.95. The molecule has 0 saturated heterocycles. The van der Waals surface area contributed by atoms with Crippen LogP contribution in [-0.4, -0.2) is 11.8 Å². The van der Waals surface area contributed by atoms with Crippen molar-refractivity contribution in [1.82, 2.24) is 0 Å². The van der Waals surface area contributed by atoms with E-state index in [9.17, 15) is 0 Å². The highest BCUT2D eigenvalue weighted by atomic mass is 16.3. The summed E-state index contributed by atoms with van der Waals surface area (Å²) in [6, 6.07) is 0. The number of rotatable bonds is 0. The van der Waals surface area contributed by atoms with Crippen molar-refractivity contribution in [2.24, 2.45) is 5.73 Å². The zero-order valence-corrected chi connectivity index (χ0v) is 4.56. The van der Waals surface area contributed by atoms with Gasteiger partial charge < -0.3 is 10.8 Å². The Bertz CT molecular complexity index is 23.3. The monoisotopic (exact) mass is 103 g/mol. The van der Waals surface area contributed by atoms with Gasteiger partial charge in [0, 0.05) is 0 Å². The fourth-order valence-corrected chi connectivity index (χ4v) is 0.250. The quantitative estimate of drug-likeness (QED) is 0.437. The predicted octanol–water partition coefficient (Wildman–Crippen LogP) is 0.455. The van der Waals surface area contributed by atoms with Gasteiger partial charge in [0.05, 0.1) is 6.73 Å². The van der Waals surface area contributed by atoms with Gasteiger partial charge in [-0.1, -0.05) is 25.7 Å². The predicted molar refractivity (Wildman–Crippen MR) is 29.7 cm³/mol. The van der Waals surface area contributed by atoms with Crippen LogP contribution < -0.4 is 5.73 Å². The second-order valence-electron chi connectivity index (χ2n) is 1.60. The maximum Gasteiger partial charge on any atom is 0.0906 e. The summed E-state index contributed by atoms with van der Waals surface area (Å²) in [5.74, 6) is 0. The van der Waals surface area contributed by atoms with Crippen LogP contribution in [0.2, 0.25) is 0 Å². The highest BCUT2D eigenvalue weighted by molar-refractivity contribution is 4.50. The Hall–Kier alpha value is -0.0800. The molecule has 0 aromatic rings. The molecule has 1 fully saturated rings. The summed E-state index contributed by atoms with van der Waals surface area (Å²) in [5, 5.41) is 7.35. The Morgan fingerprint density at radius 3 is 1.29 bits per heavy atom. The molecule has 2 nitrogen and oxygen atoms in total. The topological polar surface area (TPSA) is 46.2 Å². The van der Waals surface area contributed by atoms with Gasteiger partial charge in [-0.2, -0.15) is 0 Å². The first-order valence-electron chi connectivity index (χ1n) is 2.72. The first-order chi connectivity index (χ1) is 3.41. The van der Waals surface area contributed by atoms with Crippen molar-refractivity contribution in [3.8, 4) is 0 Å². The standard InChI is InChI=1S/C4H8.CH5NO/c1-2-4-3-1;2-1-3/h1-4H2;3H,1-2H2. The third-order valence-electron chi connectivity index (χ3n) is 1.000. The van der Waals surface area contributed by atoms with Gasteiger partial charge in [-0.15, -0.1) is 0 Å². The van der Waals surface area contributed by atoms with Crippen molar-refractivity contribution in [2.75, 3.05) is 6.73 Å². The largest absolute Gasteiger partial charge is 0.382 e. The van der Waals surface area contributed by atoms with Crippen molar-refractivity contribution >= 4 is 0 Å². The lowest BCUT2D eigenvalue weighted by Gasteiger charge is -2.05. The molecule has 0 aromatic carbocycles. The van der Waals surface area contributed by atoms with E-state index in [2.05, 4.69) is 5.73 Å². The van der Waals surface area contributed by atoms with E-state index >= 15 is 0 Å². The Balaban J connectivity index is 0.000000110. The molecule has 3 N–H and O–H groups in total. The summed E-state index contributed by atoms with van der Waals surface area (Å²) in [6.45, 7) is -0.250. The summed E-state index contributed by atoms with van der Waals surface area (Å²) in [4.78, 5) is 0. The summed E-state index contributed by atoms with van der Waals surface area (Å²) in [6.07, 6.45) is 6.00. The number of nitrogens with two attached hydrogens (primary N) is 1. The molecule has 2 heteroatoms. The van der Waals surface area contributed by atoms with Gasteiger partial charge in [-0.25, -0.2) is 0 Å². The second kappa shape index (κ2) is 5.92. The average Bonchev–Trinajstić information content (AvgIpc) is 1.27. The van der Waals surface area contributed by atoms with Crippen molar-refractivity contribution in [3.05, 3.63) is 0 Å². The minimum Gasteiger partial charge on any atom is -0.382 e. The number of aliphatic hydroxyl groups excluding tert-OH is 1. The molecule has 1 rings (SSSR count). The van der Waals surface area contributed by atoms with E-state index < -0.39 is 0 Å². The van der Waals surface area contributed by atoms with Gasteiger partial charge >= 0.3 is 0 Å². The van der Waals surface area contributed by atoms with Crippen LogP contribution in [0.1, 0.15) is 25.7 Å². The average molecular weight is 103 g/mol. The normalized spacial score (nSPS) is 16.3. The van der Waals surface area contributed by atoms with Crippen LogP contribution >= 0.6 is 0 Å². The molecular formula is C5H13NO. The fraction of sp³-hybridized carbons (Fsp3) is 1.00. The summed E-state index contributed by atoms with van der Waals surface area (Å²) in [7, 11) is 0. The number of aliphatic hydroxyl groups is 1. The van der Waals surface area contributed by atoms with Crippen LogP contribution in [0.4, 0.5) is 0 Å². The molecule has 0 unspecified atom stereocenters. The fourth-order valence-electron chi connectivity index (χ4n) is 0.250. The summed E-state index contributed by atoms with van der Waals surface area (Å²) >= 11 is 0. The van der Waals surface area contributed by atoms with E-state index in [1.165, 1.54) is 25.7 Å². The molecular weight excluding hydrogens is 90.1 g/mol. The van der Waals surface area contributed by atoms with Crippen molar-refractivity contribution in [3.63, 3.8) is 0 Å². The molecule has 1 aliphatic rings. The van der Waals surface area contributed by atoms with Gasteiger partial charge in [0.2, 0.25) is 0 Å². The van der Waals surface area contributed by atoms with Gasteiger partial charge in [0.15, 0.2) is 0 Å². The van der Waals surface area contributed by atoms with Gasteiger partial charge in [-0.05, 0) is 0 Å². The third-order valence-corrected chi connectivity index (χ3v) is 1.000. The van der Waals surface area contributed by atoms with E-state index in [1.807, 2.05) is 0 Å². The third kappa shape index (κ3) is 5.92. The van der Waals surface area contributed by atoms with E-state index in [4.69, 9.17) is 5.11 Å². The Kier molecular flexibility index (Phi) is 5.85. The van der Waals surface area contributed by atoms with E-state index in [0.717, 1.165) is 0 Å². The van der Waals surface area contributed by atoms with Crippen LogP contribution in [-0.2, 0) is 0 Å². The van der Waals surface area contributed by atoms with Crippen molar-refractivity contribution in [2.45, 2.75) is 25.7 Å². The SMILES string of the molecule is C1CCC1.NCO. The zero-order valence-electron chi connectivity index (χ0n) is 4.56. The minimum atomic E-state index is -0.250. The smallest absolute Gasteiger partial charge is 0.0906 e. The molecule has 0 aliphatic heterocycles. The van der Waals surface area contributed by atoms with E-state index in [1.54, 1.807) is 0 Å².